The summed E-state index contributed by atoms with van der Waals surface area (Å²) in [5.74, 6) is 8.81. The molecule has 0 unspecified atom stereocenters. The van der Waals surface area contributed by atoms with Crippen LogP contribution in [0.3, 0.4) is 0 Å². The van der Waals surface area contributed by atoms with Crippen molar-refractivity contribution in [2.24, 2.45) is 5.92 Å². The number of hydrogen-bond donors (Lipinski definition) is 0. The van der Waals surface area contributed by atoms with E-state index >= 15 is 0 Å². The molecule has 0 heteroatoms. The van der Waals surface area contributed by atoms with Crippen molar-refractivity contribution in [1.82, 2.24) is 0 Å². The molecule has 0 aliphatic rings. The summed E-state index contributed by atoms with van der Waals surface area (Å²) >= 11 is 0. The molecule has 0 heterocycles. The largest absolute Gasteiger partial charge is 0.119 e. The standard InChI is InChI=1S/C14H18/c1-4-6-8-9-11-13-14(3)12-10-7-5-2/h1,7,10-11,13-14H,5-6,12H2,2-3H3/b10-7-,13-11+/t14-/m0/s1. The van der Waals surface area contributed by atoms with E-state index in [4.69, 9.17) is 6.42 Å². The summed E-state index contributed by atoms with van der Waals surface area (Å²) in [6, 6.07) is 0. The third kappa shape index (κ3) is 8.69. The van der Waals surface area contributed by atoms with E-state index in [1.165, 1.54) is 0 Å². The summed E-state index contributed by atoms with van der Waals surface area (Å²) < 4.78 is 0. The van der Waals surface area contributed by atoms with Gasteiger partial charge >= 0.3 is 0 Å². The van der Waals surface area contributed by atoms with Gasteiger partial charge < -0.3 is 0 Å². The SMILES string of the molecule is C#CCC#C/C=C/[C@@H](C)C/C=C\CC. The Hall–Kier alpha value is -1.40. The molecule has 0 rings (SSSR count). The van der Waals surface area contributed by atoms with Gasteiger partial charge in [-0.3, -0.25) is 0 Å². The summed E-state index contributed by atoms with van der Waals surface area (Å²) in [7, 11) is 0. The molecule has 0 fully saturated rings. The third-order valence-corrected chi connectivity index (χ3v) is 1.71. The molecule has 0 saturated heterocycles. The lowest BCUT2D eigenvalue weighted by molar-refractivity contribution is 0.743. The fourth-order valence-corrected chi connectivity index (χ4v) is 0.929. The fraction of sp³-hybridized carbons (Fsp3) is 0.429. The van der Waals surface area contributed by atoms with E-state index in [1.807, 2.05) is 6.08 Å². The Kier molecular flexibility index (Phi) is 8.72. The van der Waals surface area contributed by atoms with Crippen molar-refractivity contribution in [2.75, 3.05) is 0 Å². The van der Waals surface area contributed by atoms with Gasteiger partial charge in [-0.15, -0.1) is 6.42 Å². The predicted molar refractivity (Wildman–Crippen MR) is 63.6 cm³/mol. The van der Waals surface area contributed by atoms with Gasteiger partial charge in [0.2, 0.25) is 0 Å². The molecule has 0 N–H and O–H groups in total. The Morgan fingerprint density at radius 2 is 2.14 bits per heavy atom. The van der Waals surface area contributed by atoms with Crippen molar-refractivity contribution in [3.05, 3.63) is 24.3 Å². The molecule has 0 saturated carbocycles. The molecule has 0 amide bonds. The van der Waals surface area contributed by atoms with E-state index < -0.39 is 0 Å². The van der Waals surface area contributed by atoms with Crippen LogP contribution in [0.4, 0.5) is 0 Å². The number of terminal acetylenes is 1. The van der Waals surface area contributed by atoms with E-state index in [2.05, 4.69) is 49.8 Å². The molecule has 0 aromatic carbocycles. The van der Waals surface area contributed by atoms with Crippen LogP contribution in [0, 0.1) is 30.1 Å². The minimum Gasteiger partial charge on any atom is -0.119 e. The van der Waals surface area contributed by atoms with Crippen molar-refractivity contribution in [3.63, 3.8) is 0 Å². The first-order chi connectivity index (χ1) is 6.81. The maximum Gasteiger partial charge on any atom is 0.0703 e. The quantitative estimate of drug-likeness (QED) is 0.465. The van der Waals surface area contributed by atoms with Gasteiger partial charge in [0.1, 0.15) is 0 Å². The van der Waals surface area contributed by atoms with Crippen molar-refractivity contribution < 1.29 is 0 Å². The Balaban J connectivity index is 3.73. The van der Waals surface area contributed by atoms with Crippen LogP contribution in [-0.2, 0) is 0 Å². The summed E-state index contributed by atoms with van der Waals surface area (Å²) in [6.45, 7) is 4.32. The Morgan fingerprint density at radius 3 is 2.79 bits per heavy atom. The van der Waals surface area contributed by atoms with Crippen molar-refractivity contribution in [1.29, 1.82) is 0 Å². The first-order valence-corrected chi connectivity index (χ1v) is 5.04. The van der Waals surface area contributed by atoms with Gasteiger partial charge in [-0.2, -0.15) is 0 Å². The average molecular weight is 186 g/mol. The van der Waals surface area contributed by atoms with Crippen LogP contribution in [0.25, 0.3) is 0 Å². The molecule has 0 aliphatic heterocycles. The molecule has 0 aromatic rings. The van der Waals surface area contributed by atoms with E-state index in [-0.39, 0.29) is 0 Å². The average Bonchev–Trinajstić information content (AvgIpc) is 2.18. The highest BCUT2D eigenvalue weighted by Crippen LogP contribution is 2.04. The zero-order valence-electron chi connectivity index (χ0n) is 9.09. The third-order valence-electron chi connectivity index (χ3n) is 1.71. The predicted octanol–water partition coefficient (Wildman–Crippen LogP) is 3.56. The second-order valence-electron chi connectivity index (χ2n) is 3.15. The topological polar surface area (TPSA) is 0 Å². The van der Waals surface area contributed by atoms with Crippen LogP contribution < -0.4 is 0 Å². The van der Waals surface area contributed by atoms with Gasteiger partial charge in [-0.25, -0.2) is 0 Å². The normalized spacial score (nSPS) is 12.4. The molecule has 1 atom stereocenters. The van der Waals surface area contributed by atoms with Crippen LogP contribution in [0.5, 0.6) is 0 Å². The number of hydrogen-bond acceptors (Lipinski definition) is 0. The van der Waals surface area contributed by atoms with Gasteiger partial charge in [-0.05, 0) is 24.8 Å². The minimum absolute atomic E-state index is 0.536. The van der Waals surface area contributed by atoms with Gasteiger partial charge in [0, 0.05) is 0 Å². The van der Waals surface area contributed by atoms with Gasteiger partial charge in [0.25, 0.3) is 0 Å². The first-order valence-electron chi connectivity index (χ1n) is 5.04. The van der Waals surface area contributed by atoms with E-state index in [0.717, 1.165) is 12.8 Å². The zero-order chi connectivity index (χ0) is 10.6. The Morgan fingerprint density at radius 1 is 1.36 bits per heavy atom. The second kappa shape index (κ2) is 9.69. The van der Waals surface area contributed by atoms with E-state index in [1.54, 1.807) is 0 Å². The molecule has 14 heavy (non-hydrogen) atoms. The molecule has 0 radical (unpaired) electrons. The van der Waals surface area contributed by atoms with Crippen LogP contribution in [0.1, 0.15) is 33.1 Å². The molecular weight excluding hydrogens is 168 g/mol. The Bertz CT molecular complexity index is 275. The molecule has 0 spiro atoms. The molecule has 0 aromatic heterocycles. The van der Waals surface area contributed by atoms with Crippen LogP contribution in [0.2, 0.25) is 0 Å². The van der Waals surface area contributed by atoms with Gasteiger partial charge in [-0.1, -0.05) is 49.8 Å². The highest BCUT2D eigenvalue weighted by Gasteiger charge is 1.90. The van der Waals surface area contributed by atoms with Crippen LogP contribution in [-0.4, -0.2) is 0 Å². The monoisotopic (exact) mass is 186 g/mol. The number of rotatable bonds is 4. The maximum atomic E-state index is 5.07. The molecule has 0 nitrogen and oxygen atoms in total. The maximum absolute atomic E-state index is 5.07. The van der Waals surface area contributed by atoms with Crippen molar-refractivity contribution in [3.8, 4) is 24.2 Å². The van der Waals surface area contributed by atoms with Gasteiger partial charge in [0.05, 0.1) is 6.42 Å². The first kappa shape index (κ1) is 12.6. The second-order valence-corrected chi connectivity index (χ2v) is 3.15. The van der Waals surface area contributed by atoms with Crippen LogP contribution >= 0.6 is 0 Å². The molecule has 0 aliphatic carbocycles. The van der Waals surface area contributed by atoms with Crippen molar-refractivity contribution >= 4 is 0 Å². The lowest BCUT2D eigenvalue weighted by atomic mass is 10.1. The van der Waals surface area contributed by atoms with Gasteiger partial charge in [0.15, 0.2) is 0 Å². The zero-order valence-corrected chi connectivity index (χ0v) is 9.09. The molecule has 74 valence electrons. The number of allylic oxidation sites excluding steroid dienone is 4. The van der Waals surface area contributed by atoms with E-state index in [0.29, 0.717) is 12.3 Å². The molecule has 0 bridgehead atoms. The lowest BCUT2D eigenvalue weighted by Crippen LogP contribution is -1.84. The Labute approximate surface area is 88.1 Å². The highest BCUT2D eigenvalue weighted by molar-refractivity contribution is 5.18. The summed E-state index contributed by atoms with van der Waals surface area (Å²) in [5.41, 5.74) is 0. The fourth-order valence-electron chi connectivity index (χ4n) is 0.929. The summed E-state index contributed by atoms with van der Waals surface area (Å²) in [6.07, 6.45) is 16.2. The highest BCUT2D eigenvalue weighted by atomic mass is 14.0. The molecular formula is C14H18. The summed E-state index contributed by atoms with van der Waals surface area (Å²) in [5, 5.41) is 0. The smallest absolute Gasteiger partial charge is 0.0703 e. The van der Waals surface area contributed by atoms with Crippen LogP contribution in [0.15, 0.2) is 24.3 Å². The lowest BCUT2D eigenvalue weighted by Gasteiger charge is -1.98. The van der Waals surface area contributed by atoms with E-state index in [9.17, 15) is 0 Å². The minimum atomic E-state index is 0.536. The summed E-state index contributed by atoms with van der Waals surface area (Å²) in [4.78, 5) is 0. The van der Waals surface area contributed by atoms with Crippen molar-refractivity contribution in [2.45, 2.75) is 33.1 Å².